The van der Waals surface area contributed by atoms with E-state index in [-0.39, 0.29) is 35.5 Å². The van der Waals surface area contributed by atoms with Crippen molar-refractivity contribution >= 4 is 62.3 Å². The number of carbonyl (C=O) groups is 2. The summed E-state index contributed by atoms with van der Waals surface area (Å²) in [6.07, 6.45) is 0.868. The molecule has 0 aliphatic heterocycles. The number of nitrogens with one attached hydrogen (secondary N) is 1. The van der Waals surface area contributed by atoms with Crippen molar-refractivity contribution in [3.63, 3.8) is 0 Å². The molecule has 0 bridgehead atoms. The zero-order chi connectivity index (χ0) is 32.6. The Morgan fingerprint density at radius 3 is 2.02 bits per heavy atom. The maximum Gasteiger partial charge on any atom is 0.264 e. The van der Waals surface area contributed by atoms with E-state index in [1.165, 1.54) is 29.2 Å². The van der Waals surface area contributed by atoms with Crippen LogP contribution in [0, 0.1) is 0 Å². The second-order valence-electron chi connectivity index (χ2n) is 10.6. The van der Waals surface area contributed by atoms with E-state index in [9.17, 15) is 18.0 Å². The number of hydrogen-bond donors (Lipinski definition) is 1. The van der Waals surface area contributed by atoms with Crippen molar-refractivity contribution in [2.24, 2.45) is 0 Å². The van der Waals surface area contributed by atoms with Crippen LogP contribution in [0.3, 0.4) is 0 Å². The highest BCUT2D eigenvalue weighted by atomic mass is 35.5. The lowest BCUT2D eigenvalue weighted by molar-refractivity contribution is -0.140. The Balaban J connectivity index is 1.82. The third kappa shape index (κ3) is 9.01. The largest absolute Gasteiger partial charge is 0.352 e. The minimum absolute atomic E-state index is 0.00962. The second kappa shape index (κ2) is 15.6. The standard InChI is InChI=1S/C34H34Cl3N3O4S/c1-3-24(2)38-34(42)32(20-25-10-6-4-7-11-25)39(22-26-14-15-28(36)21-31(26)37)33(41)23-40(29-18-16-27(35)17-19-29)45(43,44)30-12-8-5-9-13-30/h4-19,21,24,32H,3,20,22-23H2,1-2H3,(H,38,42)/t24-,32-/m0/s1. The van der Waals surface area contributed by atoms with E-state index < -0.39 is 28.5 Å². The van der Waals surface area contributed by atoms with Gasteiger partial charge in [0.15, 0.2) is 0 Å². The molecule has 0 spiro atoms. The van der Waals surface area contributed by atoms with E-state index >= 15 is 0 Å². The van der Waals surface area contributed by atoms with E-state index in [2.05, 4.69) is 5.32 Å². The number of sulfonamides is 1. The van der Waals surface area contributed by atoms with Crippen molar-refractivity contribution in [2.45, 2.75) is 50.2 Å². The van der Waals surface area contributed by atoms with Crippen LogP contribution >= 0.6 is 34.8 Å². The molecular formula is C34H34Cl3N3O4S. The molecule has 4 aromatic carbocycles. The van der Waals surface area contributed by atoms with Gasteiger partial charge in [-0.1, -0.05) is 96.3 Å². The number of nitrogens with zero attached hydrogens (tertiary/aromatic N) is 2. The smallest absolute Gasteiger partial charge is 0.264 e. The maximum absolute atomic E-state index is 14.5. The predicted molar refractivity (Wildman–Crippen MR) is 181 cm³/mol. The summed E-state index contributed by atoms with van der Waals surface area (Å²) in [6.45, 7) is 3.17. The van der Waals surface area contributed by atoms with Crippen LogP contribution in [0.5, 0.6) is 0 Å². The van der Waals surface area contributed by atoms with Crippen LogP contribution in [-0.4, -0.2) is 43.8 Å². The first-order chi connectivity index (χ1) is 21.5. The van der Waals surface area contributed by atoms with E-state index in [1.54, 1.807) is 48.5 Å². The normalized spacial score (nSPS) is 12.6. The van der Waals surface area contributed by atoms with Crippen molar-refractivity contribution < 1.29 is 18.0 Å². The van der Waals surface area contributed by atoms with Crippen molar-refractivity contribution in [1.82, 2.24) is 10.2 Å². The summed E-state index contributed by atoms with van der Waals surface area (Å²) in [6, 6.07) is 27.1. The molecule has 0 unspecified atom stereocenters. The Bertz CT molecular complexity index is 1710. The first-order valence-electron chi connectivity index (χ1n) is 14.4. The fourth-order valence-electron chi connectivity index (χ4n) is 4.68. The van der Waals surface area contributed by atoms with Crippen molar-refractivity contribution in [1.29, 1.82) is 0 Å². The molecule has 11 heteroatoms. The van der Waals surface area contributed by atoms with Crippen molar-refractivity contribution in [3.8, 4) is 0 Å². The van der Waals surface area contributed by atoms with Gasteiger partial charge < -0.3 is 10.2 Å². The fraction of sp³-hybridized carbons (Fsp3) is 0.235. The molecule has 0 saturated carbocycles. The van der Waals surface area contributed by atoms with Gasteiger partial charge in [0.1, 0.15) is 12.6 Å². The number of carbonyl (C=O) groups excluding carboxylic acids is 2. The molecule has 236 valence electrons. The highest BCUT2D eigenvalue weighted by Gasteiger charge is 2.35. The zero-order valence-corrected chi connectivity index (χ0v) is 28.0. The minimum atomic E-state index is -4.21. The molecule has 0 fully saturated rings. The molecule has 2 amide bonds. The van der Waals surface area contributed by atoms with E-state index in [0.717, 1.165) is 9.87 Å². The summed E-state index contributed by atoms with van der Waals surface area (Å²) in [5.41, 5.74) is 1.62. The average molecular weight is 687 g/mol. The van der Waals surface area contributed by atoms with Gasteiger partial charge in [-0.2, -0.15) is 0 Å². The van der Waals surface area contributed by atoms with Gasteiger partial charge in [-0.3, -0.25) is 13.9 Å². The molecule has 4 aromatic rings. The van der Waals surface area contributed by atoms with Gasteiger partial charge in [-0.25, -0.2) is 8.42 Å². The molecule has 0 radical (unpaired) electrons. The average Bonchev–Trinajstić information content (AvgIpc) is 3.03. The maximum atomic E-state index is 14.5. The Kier molecular flexibility index (Phi) is 11.9. The van der Waals surface area contributed by atoms with Crippen LogP contribution in [-0.2, 0) is 32.6 Å². The number of hydrogen-bond acceptors (Lipinski definition) is 4. The summed E-state index contributed by atoms with van der Waals surface area (Å²) in [5.74, 6) is -0.966. The monoisotopic (exact) mass is 685 g/mol. The predicted octanol–water partition coefficient (Wildman–Crippen LogP) is 7.40. The molecule has 7 nitrogen and oxygen atoms in total. The quantitative estimate of drug-likeness (QED) is 0.159. The molecular weight excluding hydrogens is 653 g/mol. The third-order valence-electron chi connectivity index (χ3n) is 7.35. The molecule has 0 aliphatic carbocycles. The number of amides is 2. The summed E-state index contributed by atoms with van der Waals surface area (Å²) >= 11 is 18.8. The summed E-state index contributed by atoms with van der Waals surface area (Å²) in [7, 11) is -4.21. The number of benzene rings is 4. The topological polar surface area (TPSA) is 86.8 Å². The zero-order valence-electron chi connectivity index (χ0n) is 24.9. The number of anilines is 1. The molecule has 4 rings (SSSR count). The van der Waals surface area contributed by atoms with E-state index in [4.69, 9.17) is 34.8 Å². The molecule has 2 atom stereocenters. The molecule has 0 aliphatic rings. The molecule has 45 heavy (non-hydrogen) atoms. The van der Waals surface area contributed by atoms with Gasteiger partial charge in [0.25, 0.3) is 10.0 Å². The molecule has 0 heterocycles. The number of halogens is 3. The van der Waals surface area contributed by atoms with Crippen LogP contribution in [0.25, 0.3) is 0 Å². The fourth-order valence-corrected chi connectivity index (χ4v) is 6.71. The SMILES string of the molecule is CC[C@H](C)NC(=O)[C@H](Cc1ccccc1)N(Cc1ccc(Cl)cc1Cl)C(=O)CN(c1ccc(Cl)cc1)S(=O)(=O)c1ccccc1. The van der Waals surface area contributed by atoms with Crippen molar-refractivity contribution in [3.05, 3.63) is 129 Å². The first-order valence-corrected chi connectivity index (χ1v) is 17.0. The Hall–Kier alpha value is -3.56. The lowest BCUT2D eigenvalue weighted by atomic mass is 10.0. The first kappa shape index (κ1) is 34.3. The summed E-state index contributed by atoms with van der Waals surface area (Å²) < 4.78 is 29.1. The van der Waals surface area contributed by atoms with Gasteiger partial charge in [0, 0.05) is 34.1 Å². The minimum Gasteiger partial charge on any atom is -0.352 e. The molecule has 1 N–H and O–H groups in total. The molecule has 0 aromatic heterocycles. The summed E-state index contributed by atoms with van der Waals surface area (Å²) in [5, 5.41) is 4.15. The highest BCUT2D eigenvalue weighted by Crippen LogP contribution is 2.28. The number of rotatable bonds is 13. The Morgan fingerprint density at radius 2 is 1.42 bits per heavy atom. The van der Waals surface area contributed by atoms with Crippen LogP contribution in [0.15, 0.2) is 108 Å². The van der Waals surface area contributed by atoms with Crippen LogP contribution < -0.4 is 9.62 Å². The van der Waals surface area contributed by atoms with Crippen molar-refractivity contribution in [2.75, 3.05) is 10.8 Å². The third-order valence-corrected chi connectivity index (χ3v) is 9.98. The summed E-state index contributed by atoms with van der Waals surface area (Å²) in [4.78, 5) is 29.8. The van der Waals surface area contributed by atoms with Gasteiger partial charge in [-0.15, -0.1) is 0 Å². The van der Waals surface area contributed by atoms with E-state index in [0.29, 0.717) is 27.1 Å². The van der Waals surface area contributed by atoms with Gasteiger partial charge in [0.2, 0.25) is 11.8 Å². The van der Waals surface area contributed by atoms with E-state index in [1.807, 2.05) is 44.2 Å². The van der Waals surface area contributed by atoms with Crippen LogP contribution in [0.4, 0.5) is 5.69 Å². The van der Waals surface area contributed by atoms with Gasteiger partial charge in [0.05, 0.1) is 10.6 Å². The lowest BCUT2D eigenvalue weighted by Crippen LogP contribution is -2.54. The van der Waals surface area contributed by atoms with Crippen LogP contribution in [0.1, 0.15) is 31.4 Å². The highest BCUT2D eigenvalue weighted by molar-refractivity contribution is 7.92. The molecule has 0 saturated heterocycles. The van der Waals surface area contributed by atoms with Gasteiger partial charge >= 0.3 is 0 Å². The Morgan fingerprint density at radius 1 is 0.822 bits per heavy atom. The second-order valence-corrected chi connectivity index (χ2v) is 13.7. The lowest BCUT2D eigenvalue weighted by Gasteiger charge is -2.34. The Labute approximate surface area is 279 Å². The van der Waals surface area contributed by atoms with Gasteiger partial charge in [-0.05, 0) is 73.0 Å². The van der Waals surface area contributed by atoms with Crippen LogP contribution in [0.2, 0.25) is 15.1 Å².